The molecule has 7 heteroatoms. The van der Waals surface area contributed by atoms with Gasteiger partial charge in [0.2, 0.25) is 0 Å². The molecule has 0 saturated heterocycles. The van der Waals surface area contributed by atoms with Crippen LogP contribution >= 0.6 is 0 Å². The average molecular weight is 238 g/mol. The highest BCUT2D eigenvalue weighted by Crippen LogP contribution is 2.02. The third kappa shape index (κ3) is 4.29. The minimum Gasteiger partial charge on any atom is -0.350 e. The number of hydrogen-bond donors (Lipinski definition) is 1. The maximum atomic E-state index is 11.5. The van der Waals surface area contributed by atoms with Gasteiger partial charge in [0, 0.05) is 17.7 Å². The van der Waals surface area contributed by atoms with Crippen LogP contribution in [0.4, 0.5) is 0 Å². The van der Waals surface area contributed by atoms with E-state index in [1.807, 2.05) is 0 Å². The largest absolute Gasteiger partial charge is 0.350 e. The molecule has 1 rings (SSSR count). The second-order valence-electron chi connectivity index (χ2n) is 3.06. The monoisotopic (exact) mass is 238 g/mol. The van der Waals surface area contributed by atoms with E-state index in [2.05, 4.69) is 10.2 Å². The van der Waals surface area contributed by atoms with Crippen molar-refractivity contribution in [3.63, 3.8) is 0 Å². The maximum Gasteiger partial charge on any atom is 0.294 e. The number of amides is 1. The molecule has 0 aliphatic carbocycles. The number of rotatable bonds is 6. The first-order valence-electron chi connectivity index (χ1n) is 4.74. The molecule has 0 heterocycles. The quantitative estimate of drug-likeness (QED) is 0.335. The van der Waals surface area contributed by atoms with Gasteiger partial charge in [0.15, 0.2) is 0 Å². The molecular weight excluding hydrogens is 228 g/mol. The normalized spacial score (nSPS) is 9.41. The van der Waals surface area contributed by atoms with Crippen LogP contribution < -0.4 is 5.32 Å². The first-order valence-corrected chi connectivity index (χ1v) is 4.74. The minimum atomic E-state index is -0.931. The van der Waals surface area contributed by atoms with E-state index in [0.29, 0.717) is 17.4 Å². The third-order valence-corrected chi connectivity index (χ3v) is 1.87. The molecule has 0 atom stereocenters. The number of benzene rings is 1. The predicted octanol–water partition coefficient (Wildman–Crippen LogP) is 0.437. The van der Waals surface area contributed by atoms with Crippen molar-refractivity contribution in [1.82, 2.24) is 5.32 Å². The van der Waals surface area contributed by atoms with Gasteiger partial charge in [-0.15, -0.1) is 10.1 Å². The molecule has 1 aromatic carbocycles. The molecule has 0 aliphatic heterocycles. The maximum absolute atomic E-state index is 11.5. The summed E-state index contributed by atoms with van der Waals surface area (Å²) >= 11 is 0. The van der Waals surface area contributed by atoms with Crippen LogP contribution in [-0.4, -0.2) is 30.4 Å². The molecule has 0 spiro atoms. The molecule has 1 N–H and O–H groups in total. The van der Waals surface area contributed by atoms with Crippen LogP contribution in [0.5, 0.6) is 0 Å². The van der Waals surface area contributed by atoms with Crippen LogP contribution in [0, 0.1) is 10.1 Å². The van der Waals surface area contributed by atoms with E-state index in [0.717, 1.165) is 0 Å². The van der Waals surface area contributed by atoms with Gasteiger partial charge < -0.3 is 10.2 Å². The molecule has 0 fully saturated rings. The van der Waals surface area contributed by atoms with Gasteiger partial charge in [-0.2, -0.15) is 0 Å². The molecule has 0 unspecified atom stereocenters. The molecule has 0 bridgehead atoms. The lowest BCUT2D eigenvalue weighted by molar-refractivity contribution is -0.757. The van der Waals surface area contributed by atoms with Gasteiger partial charge >= 0.3 is 0 Å². The third-order valence-electron chi connectivity index (χ3n) is 1.87. The fraction of sp³-hybridized carbons (Fsp3) is 0.200. The van der Waals surface area contributed by atoms with E-state index in [9.17, 15) is 19.7 Å². The lowest BCUT2D eigenvalue weighted by atomic mass is 10.1. The molecule has 0 saturated carbocycles. The molecule has 1 aromatic rings. The zero-order valence-corrected chi connectivity index (χ0v) is 8.79. The average Bonchev–Trinajstić information content (AvgIpc) is 2.34. The van der Waals surface area contributed by atoms with Crippen LogP contribution in [0.1, 0.15) is 20.7 Å². The summed E-state index contributed by atoms with van der Waals surface area (Å²) in [4.78, 5) is 35.8. The van der Waals surface area contributed by atoms with E-state index < -0.39 is 11.0 Å². The van der Waals surface area contributed by atoms with Crippen LogP contribution in [-0.2, 0) is 4.84 Å². The Kier molecular flexibility index (Phi) is 4.61. The lowest BCUT2D eigenvalue weighted by Crippen LogP contribution is -2.27. The Bertz CT molecular complexity index is 432. The number of aldehydes is 1. The van der Waals surface area contributed by atoms with Crippen molar-refractivity contribution in [3.05, 3.63) is 45.5 Å². The van der Waals surface area contributed by atoms with Crippen molar-refractivity contribution in [2.45, 2.75) is 0 Å². The highest BCUT2D eigenvalue weighted by Gasteiger charge is 2.05. The Morgan fingerprint density at radius 2 is 2.29 bits per heavy atom. The fourth-order valence-corrected chi connectivity index (χ4v) is 1.14. The minimum absolute atomic E-state index is 0.0190. The topological polar surface area (TPSA) is 98.5 Å². The van der Waals surface area contributed by atoms with Gasteiger partial charge in [-0.3, -0.25) is 9.59 Å². The Balaban J connectivity index is 2.46. The number of nitrogens with one attached hydrogen (secondary N) is 1. The molecule has 1 amide bonds. The first-order chi connectivity index (χ1) is 8.13. The number of nitrogens with zero attached hydrogens (tertiary/aromatic N) is 1. The van der Waals surface area contributed by atoms with Crippen LogP contribution in [0.2, 0.25) is 0 Å². The first kappa shape index (κ1) is 12.6. The zero-order valence-electron chi connectivity index (χ0n) is 8.79. The van der Waals surface area contributed by atoms with Crippen LogP contribution in [0.15, 0.2) is 24.3 Å². The van der Waals surface area contributed by atoms with E-state index in [4.69, 9.17) is 0 Å². The van der Waals surface area contributed by atoms with E-state index >= 15 is 0 Å². The molecule has 7 nitrogen and oxygen atoms in total. The standard InChI is InChI=1S/C10H10N2O5/c13-7-8-2-1-3-9(6-8)10(14)11-4-5-17-12(15)16/h1-3,6-7H,4-5H2,(H,11,14). The molecule has 90 valence electrons. The lowest BCUT2D eigenvalue weighted by Gasteiger charge is -2.04. The van der Waals surface area contributed by atoms with Gasteiger partial charge in [-0.05, 0) is 12.1 Å². The van der Waals surface area contributed by atoms with Crippen molar-refractivity contribution in [2.75, 3.05) is 13.2 Å². The number of carbonyl (C=O) groups excluding carboxylic acids is 2. The molecular formula is C10H10N2O5. The summed E-state index contributed by atoms with van der Waals surface area (Å²) in [5.41, 5.74) is 0.704. The van der Waals surface area contributed by atoms with Crippen molar-refractivity contribution < 1.29 is 19.5 Å². The summed E-state index contributed by atoms with van der Waals surface area (Å²) in [6.45, 7) is -0.197. The Hall–Kier alpha value is -2.44. The van der Waals surface area contributed by atoms with E-state index in [1.165, 1.54) is 12.1 Å². The molecule has 17 heavy (non-hydrogen) atoms. The smallest absolute Gasteiger partial charge is 0.294 e. The predicted molar refractivity (Wildman–Crippen MR) is 57.1 cm³/mol. The van der Waals surface area contributed by atoms with E-state index in [-0.39, 0.29) is 13.2 Å². The van der Waals surface area contributed by atoms with Crippen molar-refractivity contribution in [1.29, 1.82) is 0 Å². The molecule has 0 radical (unpaired) electrons. The number of carbonyl (C=O) groups is 2. The Labute approximate surface area is 96.5 Å². The summed E-state index contributed by atoms with van der Waals surface area (Å²) in [6, 6.07) is 6.11. The van der Waals surface area contributed by atoms with Gasteiger partial charge in [0.05, 0.1) is 0 Å². The summed E-state index contributed by atoms with van der Waals surface area (Å²) < 4.78 is 0. The van der Waals surface area contributed by atoms with Gasteiger partial charge in [-0.1, -0.05) is 12.1 Å². The zero-order chi connectivity index (χ0) is 12.7. The fourth-order valence-electron chi connectivity index (χ4n) is 1.14. The van der Waals surface area contributed by atoms with Crippen LogP contribution in [0.3, 0.4) is 0 Å². The van der Waals surface area contributed by atoms with Crippen molar-refractivity contribution in [2.24, 2.45) is 0 Å². The second kappa shape index (κ2) is 6.21. The highest BCUT2D eigenvalue weighted by atomic mass is 16.9. The number of hydrogen-bond acceptors (Lipinski definition) is 5. The Morgan fingerprint density at radius 1 is 1.53 bits per heavy atom. The van der Waals surface area contributed by atoms with Crippen molar-refractivity contribution >= 4 is 12.2 Å². The van der Waals surface area contributed by atoms with Gasteiger partial charge in [0.1, 0.15) is 12.9 Å². The molecule has 0 aliphatic rings. The summed E-state index contributed by atoms with van der Waals surface area (Å²) in [5.74, 6) is -0.416. The summed E-state index contributed by atoms with van der Waals surface area (Å²) in [7, 11) is 0. The summed E-state index contributed by atoms with van der Waals surface area (Å²) in [6.07, 6.45) is 0.632. The van der Waals surface area contributed by atoms with Gasteiger partial charge in [-0.25, -0.2) is 0 Å². The van der Waals surface area contributed by atoms with E-state index in [1.54, 1.807) is 12.1 Å². The van der Waals surface area contributed by atoms with Crippen molar-refractivity contribution in [3.8, 4) is 0 Å². The summed E-state index contributed by atoms with van der Waals surface area (Å²) in [5, 5.41) is 11.3. The second-order valence-corrected chi connectivity index (χ2v) is 3.06. The van der Waals surface area contributed by atoms with Crippen LogP contribution in [0.25, 0.3) is 0 Å². The SMILES string of the molecule is O=Cc1cccc(C(=O)NCCO[N+](=O)[O-])c1. The molecule has 0 aromatic heterocycles. The Morgan fingerprint density at radius 3 is 2.94 bits per heavy atom. The highest BCUT2D eigenvalue weighted by molar-refractivity contribution is 5.95. The van der Waals surface area contributed by atoms with Gasteiger partial charge in [0.25, 0.3) is 11.0 Å².